The molecule has 0 aliphatic carbocycles. The van der Waals surface area contributed by atoms with Crippen LogP contribution < -0.4 is 25.7 Å². The number of benzene rings is 2. The smallest absolute Gasteiger partial charge is 0.209 e. The molecule has 2 heterocycles. The highest BCUT2D eigenvalue weighted by Crippen LogP contribution is 2.47. The van der Waals surface area contributed by atoms with Gasteiger partial charge in [-0.15, -0.1) is 11.3 Å². The van der Waals surface area contributed by atoms with Crippen molar-refractivity contribution in [1.29, 1.82) is 5.26 Å². The van der Waals surface area contributed by atoms with Crippen LogP contribution in [-0.2, 0) is 19.2 Å². The summed E-state index contributed by atoms with van der Waals surface area (Å²) in [5.41, 5.74) is 14.5. The molecule has 0 spiro atoms. The first-order valence-electron chi connectivity index (χ1n) is 15.4. The standard InChI is InChI=1S/C24H19BrN4O4S.4C3H7NO/c1-31-15-8-12(9-16(32-2)21(15)33-3)17-14(10-26)23(28)29-24-18(17)19(27)22(34-24)20(30)11-4-6-13(25)7-5-11;4*1-4(2)3-5/h4-9H,27H2,1-3H3,(H2,28,29);4*3H,1-2H3. The molecule has 0 atom stereocenters. The van der Waals surface area contributed by atoms with E-state index in [2.05, 4.69) is 27.0 Å². The van der Waals surface area contributed by atoms with Crippen molar-refractivity contribution in [3.05, 3.63) is 56.9 Å². The summed E-state index contributed by atoms with van der Waals surface area (Å²) >= 11 is 4.50. The van der Waals surface area contributed by atoms with Crippen molar-refractivity contribution in [3.8, 4) is 34.4 Å². The molecule has 4 amide bonds. The third kappa shape index (κ3) is 14.6. The summed E-state index contributed by atoms with van der Waals surface area (Å²) in [6, 6.07) is 12.5. The van der Waals surface area contributed by atoms with Crippen molar-refractivity contribution >= 4 is 80.4 Å². The molecule has 4 aromatic rings. The van der Waals surface area contributed by atoms with Crippen LogP contribution in [0, 0.1) is 11.3 Å². The largest absolute Gasteiger partial charge is 0.493 e. The Balaban J connectivity index is 0.00000115. The first-order chi connectivity index (χ1) is 25.4. The van der Waals surface area contributed by atoms with E-state index in [1.807, 2.05) is 0 Å². The van der Waals surface area contributed by atoms with Gasteiger partial charge < -0.3 is 45.3 Å². The van der Waals surface area contributed by atoms with E-state index in [1.165, 1.54) is 40.9 Å². The van der Waals surface area contributed by atoms with Gasteiger partial charge in [0.1, 0.15) is 27.2 Å². The summed E-state index contributed by atoms with van der Waals surface area (Å²) in [5, 5.41) is 10.4. The van der Waals surface area contributed by atoms with Gasteiger partial charge in [0.2, 0.25) is 37.2 Å². The molecule has 0 aliphatic rings. The summed E-state index contributed by atoms with van der Waals surface area (Å²) in [4.78, 5) is 61.9. The minimum atomic E-state index is -0.249. The van der Waals surface area contributed by atoms with Gasteiger partial charge in [-0.05, 0) is 42.0 Å². The highest BCUT2D eigenvalue weighted by atomic mass is 79.9. The van der Waals surface area contributed by atoms with E-state index >= 15 is 0 Å². The highest BCUT2D eigenvalue weighted by molar-refractivity contribution is 9.10. The summed E-state index contributed by atoms with van der Waals surface area (Å²) in [6.45, 7) is 0. The van der Waals surface area contributed by atoms with E-state index in [9.17, 15) is 29.2 Å². The molecule has 0 saturated heterocycles. The van der Waals surface area contributed by atoms with Crippen molar-refractivity contribution in [2.24, 2.45) is 0 Å². The Bertz CT molecular complexity index is 1820. The number of methoxy groups -OCH3 is 3. The Hall–Kier alpha value is -5.93. The maximum absolute atomic E-state index is 13.3. The molecule has 2 aromatic heterocycles. The number of anilines is 2. The second-order valence-corrected chi connectivity index (χ2v) is 13.3. The van der Waals surface area contributed by atoms with Crippen LogP contribution in [0.4, 0.5) is 11.5 Å². The molecule has 0 aliphatic heterocycles. The van der Waals surface area contributed by atoms with Gasteiger partial charge in [-0.25, -0.2) is 4.98 Å². The number of amides is 4. The van der Waals surface area contributed by atoms with Gasteiger partial charge in [0, 0.05) is 77.4 Å². The van der Waals surface area contributed by atoms with Crippen LogP contribution >= 0.6 is 27.3 Å². The second kappa shape index (κ2) is 24.3. The first-order valence-corrected chi connectivity index (χ1v) is 17.0. The molecule has 0 unspecified atom stereocenters. The quantitative estimate of drug-likeness (QED) is 0.172. The number of carbonyl (C=O) groups excluding carboxylic acids is 5. The molecule has 292 valence electrons. The van der Waals surface area contributed by atoms with Gasteiger partial charge in [0.15, 0.2) is 11.5 Å². The maximum Gasteiger partial charge on any atom is 0.209 e. The van der Waals surface area contributed by atoms with E-state index < -0.39 is 0 Å². The molecule has 4 rings (SSSR count). The zero-order valence-corrected chi connectivity index (χ0v) is 34.6. The number of nitrogen functional groups attached to an aromatic ring is 2. The fourth-order valence-corrected chi connectivity index (χ4v) is 5.04. The Labute approximate surface area is 327 Å². The molecule has 0 radical (unpaired) electrons. The van der Waals surface area contributed by atoms with Crippen LogP contribution in [0.15, 0.2) is 40.9 Å². The van der Waals surface area contributed by atoms with Gasteiger partial charge in [-0.2, -0.15) is 5.26 Å². The number of halogens is 1. The lowest BCUT2D eigenvalue weighted by atomic mass is 9.96. The van der Waals surface area contributed by atoms with Crippen molar-refractivity contribution in [2.75, 3.05) is 89.2 Å². The lowest BCUT2D eigenvalue weighted by Crippen LogP contribution is -2.06. The molecule has 0 saturated carbocycles. The minimum Gasteiger partial charge on any atom is -0.493 e. The van der Waals surface area contributed by atoms with E-state index in [0.717, 1.165) is 41.4 Å². The fourth-order valence-electron chi connectivity index (χ4n) is 3.70. The van der Waals surface area contributed by atoms with E-state index in [1.54, 1.807) is 92.8 Å². The predicted octanol–water partition coefficient (Wildman–Crippen LogP) is 3.84. The molecule has 2 aromatic carbocycles. The second-order valence-electron chi connectivity index (χ2n) is 11.4. The number of nitrogens with zero attached hydrogens (tertiary/aromatic N) is 6. The number of carbonyl (C=O) groups is 5. The number of nitrogens with two attached hydrogens (primary N) is 2. The van der Waals surface area contributed by atoms with Crippen LogP contribution in [-0.4, -0.2) is 134 Å². The molecule has 0 fully saturated rings. The molecule has 18 heteroatoms. The topological polar surface area (TPSA) is 215 Å². The number of ketones is 1. The SMILES string of the molecule is CN(C)C=O.CN(C)C=O.CN(C)C=O.CN(C)C=O.COc1cc(-c2c(C#N)c(N)nc3sc(C(=O)c4ccc(Br)cc4)c(N)c23)cc(OC)c1OC. The molecule has 16 nitrogen and oxygen atoms in total. The predicted molar refractivity (Wildman–Crippen MR) is 215 cm³/mol. The molecule has 54 heavy (non-hydrogen) atoms. The van der Waals surface area contributed by atoms with Gasteiger partial charge in [0.05, 0.1) is 27.0 Å². The number of hydrogen-bond acceptors (Lipinski definition) is 13. The summed E-state index contributed by atoms with van der Waals surface area (Å²) in [6.07, 6.45) is 3.00. The van der Waals surface area contributed by atoms with Crippen LogP contribution in [0.5, 0.6) is 17.2 Å². The van der Waals surface area contributed by atoms with Crippen molar-refractivity contribution in [3.63, 3.8) is 0 Å². The number of fused-ring (bicyclic) bond motifs is 1. The average molecular weight is 832 g/mol. The third-order valence-electron chi connectivity index (χ3n) is 6.13. The first kappa shape index (κ1) is 48.1. The molecular formula is C36H47BrN8O8S. The number of ether oxygens (including phenoxy) is 3. The average Bonchev–Trinajstić information content (AvgIpc) is 3.49. The van der Waals surface area contributed by atoms with Crippen LogP contribution in [0.2, 0.25) is 0 Å². The van der Waals surface area contributed by atoms with Crippen LogP contribution in [0.1, 0.15) is 20.8 Å². The zero-order valence-electron chi connectivity index (χ0n) is 32.2. The molecular weight excluding hydrogens is 784 g/mol. The van der Waals surface area contributed by atoms with E-state index in [-0.39, 0.29) is 22.9 Å². The molecule has 4 N–H and O–H groups in total. The summed E-state index contributed by atoms with van der Waals surface area (Å²) in [7, 11) is 18.0. The lowest BCUT2D eigenvalue weighted by molar-refractivity contribution is -0.116. The number of pyridine rings is 1. The van der Waals surface area contributed by atoms with E-state index in [4.69, 9.17) is 25.7 Å². The third-order valence-corrected chi connectivity index (χ3v) is 7.75. The Kier molecular flexibility index (Phi) is 21.7. The highest BCUT2D eigenvalue weighted by Gasteiger charge is 2.26. The van der Waals surface area contributed by atoms with Gasteiger partial charge >= 0.3 is 0 Å². The fraction of sp³-hybridized carbons (Fsp3) is 0.306. The van der Waals surface area contributed by atoms with Gasteiger partial charge in [0.25, 0.3) is 0 Å². The summed E-state index contributed by atoms with van der Waals surface area (Å²) in [5.74, 6) is 0.965. The lowest BCUT2D eigenvalue weighted by Gasteiger charge is -2.16. The van der Waals surface area contributed by atoms with Gasteiger partial charge in [-0.1, -0.05) is 15.9 Å². The van der Waals surface area contributed by atoms with Crippen molar-refractivity contribution in [1.82, 2.24) is 24.6 Å². The Morgan fingerprint density at radius 2 is 1.19 bits per heavy atom. The van der Waals surface area contributed by atoms with Crippen molar-refractivity contribution in [2.45, 2.75) is 0 Å². The van der Waals surface area contributed by atoms with Crippen molar-refractivity contribution < 1.29 is 38.2 Å². The Morgan fingerprint density at radius 3 is 1.52 bits per heavy atom. The normalized spacial score (nSPS) is 9.24. The van der Waals surface area contributed by atoms with Crippen LogP contribution in [0.3, 0.4) is 0 Å². The number of rotatable bonds is 10. The maximum atomic E-state index is 13.3. The monoisotopic (exact) mass is 830 g/mol. The van der Waals surface area contributed by atoms with Gasteiger partial charge in [-0.3, -0.25) is 24.0 Å². The number of thiophene rings is 1. The minimum absolute atomic E-state index is 0.0302. The zero-order chi connectivity index (χ0) is 41.7. The summed E-state index contributed by atoms with van der Waals surface area (Å²) < 4.78 is 17.2. The van der Waals surface area contributed by atoms with Crippen LogP contribution in [0.25, 0.3) is 21.3 Å². The number of aromatic nitrogens is 1. The van der Waals surface area contributed by atoms with E-state index in [0.29, 0.717) is 49.0 Å². The molecule has 0 bridgehead atoms. The number of nitriles is 1. The Morgan fingerprint density at radius 1 is 0.778 bits per heavy atom. The number of hydrogen-bond donors (Lipinski definition) is 2.